The number of rotatable bonds is 6. The van der Waals surface area contributed by atoms with Crippen LogP contribution in [0.3, 0.4) is 0 Å². The van der Waals surface area contributed by atoms with Crippen LogP contribution in [0.5, 0.6) is 5.75 Å². The number of benzene rings is 2. The van der Waals surface area contributed by atoms with Gasteiger partial charge in [-0.2, -0.15) is 5.10 Å². The molecule has 0 aromatic heterocycles. The van der Waals surface area contributed by atoms with Crippen molar-refractivity contribution in [1.82, 2.24) is 5.43 Å². The van der Waals surface area contributed by atoms with Crippen LogP contribution >= 0.6 is 23.2 Å². The fourth-order valence-corrected chi connectivity index (χ4v) is 2.14. The molecule has 0 aliphatic heterocycles. The molecule has 0 heterocycles. The molecule has 1 amide bonds. The van der Waals surface area contributed by atoms with Crippen molar-refractivity contribution in [3.63, 3.8) is 0 Å². The number of hydrogen-bond acceptors (Lipinski definition) is 5. The lowest BCUT2D eigenvalue weighted by Gasteiger charge is -2.05. The topological polar surface area (TPSA) is 93.8 Å². The zero-order valence-corrected chi connectivity index (χ0v) is 13.6. The van der Waals surface area contributed by atoms with Crippen LogP contribution in [0.4, 0.5) is 5.69 Å². The molecule has 24 heavy (non-hydrogen) atoms. The zero-order valence-electron chi connectivity index (χ0n) is 12.1. The maximum atomic E-state index is 11.7. The van der Waals surface area contributed by atoms with Crippen LogP contribution in [-0.4, -0.2) is 23.7 Å². The fraction of sp³-hybridized carbons (Fsp3) is 0.0667. The molecule has 0 atom stereocenters. The molecule has 0 unspecified atom stereocenters. The Hall–Kier alpha value is -2.64. The van der Waals surface area contributed by atoms with E-state index in [0.717, 1.165) is 0 Å². The highest BCUT2D eigenvalue weighted by Crippen LogP contribution is 2.25. The van der Waals surface area contributed by atoms with E-state index >= 15 is 0 Å². The second kappa shape index (κ2) is 8.28. The van der Waals surface area contributed by atoms with Crippen LogP contribution < -0.4 is 10.2 Å². The zero-order chi connectivity index (χ0) is 17.5. The number of nitro groups is 1. The summed E-state index contributed by atoms with van der Waals surface area (Å²) in [6.45, 7) is -0.420. The third kappa shape index (κ3) is 4.94. The SMILES string of the molecule is O=C(COc1ccccc1[N+](=O)[O-])N/N=C/c1ccc(Cl)cc1Cl. The van der Waals surface area contributed by atoms with Crippen molar-refractivity contribution in [3.05, 3.63) is 68.2 Å². The Morgan fingerprint density at radius 1 is 1.29 bits per heavy atom. The number of nitrogens with one attached hydrogen (secondary N) is 1. The lowest BCUT2D eigenvalue weighted by Crippen LogP contribution is -2.24. The number of carbonyl (C=O) groups excluding carboxylic acids is 1. The van der Waals surface area contributed by atoms with Crippen LogP contribution in [0, 0.1) is 10.1 Å². The van der Waals surface area contributed by atoms with E-state index in [1.54, 1.807) is 24.3 Å². The molecule has 9 heteroatoms. The number of carbonyl (C=O) groups is 1. The van der Waals surface area contributed by atoms with Crippen molar-refractivity contribution in [2.45, 2.75) is 0 Å². The van der Waals surface area contributed by atoms with Crippen molar-refractivity contribution < 1.29 is 14.5 Å². The molecule has 7 nitrogen and oxygen atoms in total. The summed E-state index contributed by atoms with van der Waals surface area (Å²) in [5, 5.41) is 15.4. The number of amides is 1. The second-order valence-electron chi connectivity index (χ2n) is 4.47. The predicted molar refractivity (Wildman–Crippen MR) is 90.8 cm³/mol. The molecule has 0 fully saturated rings. The van der Waals surface area contributed by atoms with Gasteiger partial charge in [-0.25, -0.2) is 5.43 Å². The van der Waals surface area contributed by atoms with E-state index in [-0.39, 0.29) is 11.4 Å². The van der Waals surface area contributed by atoms with E-state index in [2.05, 4.69) is 10.5 Å². The fourth-order valence-electron chi connectivity index (χ4n) is 1.69. The largest absolute Gasteiger partial charge is 0.477 e. The standard InChI is InChI=1S/C15H11Cl2N3O4/c16-11-6-5-10(12(17)7-11)8-18-19-15(21)9-24-14-4-2-1-3-13(14)20(22)23/h1-8H,9H2,(H,19,21)/b18-8+. The van der Waals surface area contributed by atoms with Crippen LogP contribution in [-0.2, 0) is 4.79 Å². The normalized spacial score (nSPS) is 10.6. The van der Waals surface area contributed by atoms with Gasteiger partial charge in [-0.05, 0) is 18.2 Å². The number of nitrogens with zero attached hydrogens (tertiary/aromatic N) is 2. The Labute approximate surface area is 147 Å². The Balaban J connectivity index is 1.90. The minimum absolute atomic E-state index is 0.00220. The van der Waals surface area contributed by atoms with Crippen LogP contribution in [0.25, 0.3) is 0 Å². The third-order valence-corrected chi connectivity index (χ3v) is 3.34. The highest BCUT2D eigenvalue weighted by Gasteiger charge is 2.14. The van der Waals surface area contributed by atoms with Crippen LogP contribution in [0.2, 0.25) is 10.0 Å². The molecule has 2 rings (SSSR count). The maximum absolute atomic E-state index is 11.7. The molecule has 1 N–H and O–H groups in total. The van der Waals surface area contributed by atoms with Gasteiger partial charge >= 0.3 is 5.69 Å². The van der Waals surface area contributed by atoms with E-state index in [4.69, 9.17) is 27.9 Å². The third-order valence-electron chi connectivity index (χ3n) is 2.78. The van der Waals surface area contributed by atoms with E-state index in [1.807, 2.05) is 0 Å². The first-order chi connectivity index (χ1) is 11.5. The van der Waals surface area contributed by atoms with Gasteiger partial charge in [0.15, 0.2) is 12.4 Å². The lowest BCUT2D eigenvalue weighted by atomic mass is 10.2. The molecular weight excluding hydrogens is 357 g/mol. The highest BCUT2D eigenvalue weighted by molar-refractivity contribution is 6.36. The second-order valence-corrected chi connectivity index (χ2v) is 5.32. The van der Waals surface area contributed by atoms with Gasteiger partial charge in [-0.15, -0.1) is 0 Å². The first-order valence-corrected chi connectivity index (χ1v) is 7.36. The molecule has 124 valence electrons. The summed E-state index contributed by atoms with van der Waals surface area (Å²) < 4.78 is 5.13. The van der Waals surface area contributed by atoms with Gasteiger partial charge in [-0.1, -0.05) is 41.4 Å². The van der Waals surface area contributed by atoms with Crippen LogP contribution in [0.15, 0.2) is 47.6 Å². The first kappa shape index (κ1) is 17.7. The monoisotopic (exact) mass is 367 g/mol. The van der Waals surface area contributed by atoms with Crippen LogP contribution in [0.1, 0.15) is 5.56 Å². The molecule has 0 bridgehead atoms. The molecule has 0 radical (unpaired) electrons. The summed E-state index contributed by atoms with van der Waals surface area (Å²) >= 11 is 11.7. The maximum Gasteiger partial charge on any atom is 0.310 e. The van der Waals surface area contributed by atoms with Crippen molar-refractivity contribution in [2.75, 3.05) is 6.61 Å². The Kier molecular flexibility index (Phi) is 6.11. The van der Waals surface area contributed by atoms with E-state index in [0.29, 0.717) is 15.6 Å². The van der Waals surface area contributed by atoms with Gasteiger partial charge in [0.05, 0.1) is 16.2 Å². The minimum Gasteiger partial charge on any atom is -0.477 e. The molecule has 0 saturated carbocycles. The quantitative estimate of drug-likeness (QED) is 0.480. The van der Waals surface area contributed by atoms with Crippen molar-refractivity contribution in [2.24, 2.45) is 5.10 Å². The van der Waals surface area contributed by atoms with Crippen molar-refractivity contribution in [3.8, 4) is 5.75 Å². The van der Waals surface area contributed by atoms with E-state index in [1.165, 1.54) is 24.4 Å². The van der Waals surface area contributed by atoms with Crippen molar-refractivity contribution >= 4 is 41.0 Å². The number of hydrogen-bond donors (Lipinski definition) is 1. The molecular formula is C15H11Cl2N3O4. The summed E-state index contributed by atoms with van der Waals surface area (Å²) in [6.07, 6.45) is 1.35. The molecule has 0 aliphatic carbocycles. The van der Waals surface area contributed by atoms with Gasteiger partial charge in [0.25, 0.3) is 5.91 Å². The molecule has 0 aliphatic rings. The first-order valence-electron chi connectivity index (χ1n) is 6.60. The van der Waals surface area contributed by atoms with Gasteiger partial charge < -0.3 is 4.74 Å². The van der Waals surface area contributed by atoms with Gasteiger partial charge in [0.2, 0.25) is 0 Å². The summed E-state index contributed by atoms with van der Waals surface area (Å²) in [5.74, 6) is -0.572. The van der Waals surface area contributed by atoms with Crippen molar-refractivity contribution in [1.29, 1.82) is 0 Å². The van der Waals surface area contributed by atoms with E-state index < -0.39 is 17.4 Å². The Bertz CT molecular complexity index is 796. The summed E-state index contributed by atoms with van der Waals surface area (Å²) in [7, 11) is 0. The van der Waals surface area contributed by atoms with E-state index in [9.17, 15) is 14.9 Å². The van der Waals surface area contributed by atoms with Gasteiger partial charge in [-0.3, -0.25) is 14.9 Å². The number of para-hydroxylation sites is 2. The minimum atomic E-state index is -0.589. The summed E-state index contributed by atoms with van der Waals surface area (Å²) in [6, 6.07) is 10.6. The van der Waals surface area contributed by atoms with Gasteiger partial charge in [0.1, 0.15) is 0 Å². The number of nitro benzene ring substituents is 1. The number of halogens is 2. The Morgan fingerprint density at radius 3 is 2.75 bits per heavy atom. The predicted octanol–water partition coefficient (Wildman–Crippen LogP) is 3.43. The smallest absolute Gasteiger partial charge is 0.310 e. The number of ether oxygens (including phenoxy) is 1. The molecule has 0 saturated heterocycles. The molecule has 2 aromatic carbocycles. The Morgan fingerprint density at radius 2 is 2.04 bits per heavy atom. The average molecular weight is 368 g/mol. The molecule has 2 aromatic rings. The molecule has 0 spiro atoms. The number of hydrazone groups is 1. The summed E-state index contributed by atoms with van der Waals surface area (Å²) in [4.78, 5) is 21.9. The summed E-state index contributed by atoms with van der Waals surface area (Å²) in [5.41, 5.74) is 2.59. The lowest BCUT2D eigenvalue weighted by molar-refractivity contribution is -0.385. The van der Waals surface area contributed by atoms with Gasteiger partial charge in [0, 0.05) is 16.7 Å². The average Bonchev–Trinajstić information content (AvgIpc) is 2.55. The highest BCUT2D eigenvalue weighted by atomic mass is 35.5.